The predicted molar refractivity (Wildman–Crippen MR) is 67.1 cm³/mol. The number of carbonyl (C=O) groups is 1. The van der Waals surface area contributed by atoms with Crippen molar-refractivity contribution in [3.8, 4) is 0 Å². The maximum absolute atomic E-state index is 12.5. The molecule has 0 saturated carbocycles. The monoisotopic (exact) mass is 226 g/mol. The molecule has 0 aromatic carbocycles. The van der Waals surface area contributed by atoms with Crippen LogP contribution in [0.25, 0.3) is 0 Å². The van der Waals surface area contributed by atoms with Crippen LogP contribution in [-0.4, -0.2) is 29.9 Å². The average Bonchev–Trinajstić information content (AvgIpc) is 2.52. The fourth-order valence-electron chi connectivity index (χ4n) is 2.31. The van der Waals surface area contributed by atoms with E-state index in [1.807, 2.05) is 13.8 Å². The Balaban J connectivity index is 2.77. The van der Waals surface area contributed by atoms with Gasteiger partial charge in [0.1, 0.15) is 0 Å². The summed E-state index contributed by atoms with van der Waals surface area (Å²) in [7, 11) is 0. The summed E-state index contributed by atoms with van der Waals surface area (Å²) in [4.78, 5) is 14.6. The average molecular weight is 226 g/mol. The van der Waals surface area contributed by atoms with Crippen LogP contribution in [0.2, 0.25) is 0 Å². The lowest BCUT2D eigenvalue weighted by molar-refractivity contribution is -0.143. The van der Waals surface area contributed by atoms with E-state index in [9.17, 15) is 4.79 Å². The maximum atomic E-state index is 12.5. The molecule has 3 heteroatoms. The van der Waals surface area contributed by atoms with E-state index in [-0.39, 0.29) is 11.3 Å². The topological polar surface area (TPSA) is 46.3 Å². The van der Waals surface area contributed by atoms with Gasteiger partial charge >= 0.3 is 0 Å². The minimum absolute atomic E-state index is 0.256. The summed E-state index contributed by atoms with van der Waals surface area (Å²) in [6.45, 7) is 7.57. The summed E-state index contributed by atoms with van der Waals surface area (Å²) in [6, 6.07) is 0.382. The molecule has 0 spiro atoms. The summed E-state index contributed by atoms with van der Waals surface area (Å²) in [5.74, 6) is 0.256. The van der Waals surface area contributed by atoms with Crippen molar-refractivity contribution < 1.29 is 4.79 Å². The van der Waals surface area contributed by atoms with E-state index in [0.29, 0.717) is 12.6 Å². The molecule has 0 radical (unpaired) electrons. The number of hydrogen-bond donors (Lipinski definition) is 1. The first-order valence-corrected chi connectivity index (χ1v) is 6.56. The molecule has 1 rings (SSSR count). The Morgan fingerprint density at radius 3 is 2.69 bits per heavy atom. The second-order valence-electron chi connectivity index (χ2n) is 5.32. The first kappa shape index (κ1) is 13.5. The molecule has 0 aromatic heterocycles. The fraction of sp³-hybridized carbons (Fsp3) is 0.923. The van der Waals surface area contributed by atoms with Gasteiger partial charge in [-0.15, -0.1) is 0 Å². The van der Waals surface area contributed by atoms with Gasteiger partial charge in [-0.1, -0.05) is 19.8 Å². The Kier molecular flexibility index (Phi) is 4.78. The van der Waals surface area contributed by atoms with Crippen LogP contribution in [0, 0.1) is 5.41 Å². The normalized spacial score (nSPS) is 26.0. The molecule has 1 aliphatic heterocycles. The standard InChI is InChI=1S/C13H26N2O/c1-4-13(3,10-14)12(16)15-9-7-5-6-8-11(15)2/h11H,4-10,14H2,1-3H3. The molecule has 2 N–H and O–H groups in total. The molecule has 0 aromatic rings. The molecule has 2 atom stereocenters. The minimum Gasteiger partial charge on any atom is -0.339 e. The first-order chi connectivity index (χ1) is 7.55. The van der Waals surface area contributed by atoms with E-state index in [0.717, 1.165) is 25.8 Å². The van der Waals surface area contributed by atoms with Gasteiger partial charge in [-0.2, -0.15) is 0 Å². The third-order valence-corrected chi connectivity index (χ3v) is 4.06. The predicted octanol–water partition coefficient (Wildman–Crippen LogP) is 2.15. The highest BCUT2D eigenvalue weighted by Crippen LogP contribution is 2.26. The van der Waals surface area contributed by atoms with Crippen molar-refractivity contribution >= 4 is 5.91 Å². The molecule has 1 saturated heterocycles. The van der Waals surface area contributed by atoms with Gasteiger partial charge in [-0.05, 0) is 33.1 Å². The number of likely N-dealkylation sites (tertiary alicyclic amines) is 1. The zero-order valence-corrected chi connectivity index (χ0v) is 11.0. The number of amides is 1. The van der Waals surface area contributed by atoms with Crippen molar-refractivity contribution in [2.75, 3.05) is 13.1 Å². The van der Waals surface area contributed by atoms with Gasteiger partial charge in [0.15, 0.2) is 0 Å². The third-order valence-electron chi connectivity index (χ3n) is 4.06. The molecule has 3 nitrogen and oxygen atoms in total. The van der Waals surface area contributed by atoms with Gasteiger partial charge in [0.2, 0.25) is 5.91 Å². The van der Waals surface area contributed by atoms with E-state index >= 15 is 0 Å². The molecule has 1 aliphatic rings. The van der Waals surface area contributed by atoms with Gasteiger partial charge in [-0.3, -0.25) is 4.79 Å². The molecule has 1 amide bonds. The lowest BCUT2D eigenvalue weighted by Gasteiger charge is -2.36. The maximum Gasteiger partial charge on any atom is 0.230 e. The van der Waals surface area contributed by atoms with Crippen molar-refractivity contribution in [3.63, 3.8) is 0 Å². The van der Waals surface area contributed by atoms with Gasteiger partial charge in [-0.25, -0.2) is 0 Å². The van der Waals surface area contributed by atoms with E-state index < -0.39 is 0 Å². The summed E-state index contributed by atoms with van der Waals surface area (Å²) < 4.78 is 0. The quantitative estimate of drug-likeness (QED) is 0.801. The van der Waals surface area contributed by atoms with Crippen LogP contribution in [0.3, 0.4) is 0 Å². The van der Waals surface area contributed by atoms with Crippen LogP contribution >= 0.6 is 0 Å². The molecule has 94 valence electrons. The SMILES string of the molecule is CCC(C)(CN)C(=O)N1CCCCCC1C. The van der Waals surface area contributed by atoms with Crippen molar-refractivity contribution in [3.05, 3.63) is 0 Å². The van der Waals surface area contributed by atoms with Crippen LogP contribution in [-0.2, 0) is 4.79 Å². The lowest BCUT2D eigenvalue weighted by Crippen LogP contribution is -2.49. The molecule has 0 bridgehead atoms. The summed E-state index contributed by atoms with van der Waals surface area (Å²) in [6.07, 6.45) is 5.60. The highest BCUT2D eigenvalue weighted by molar-refractivity contribution is 5.82. The van der Waals surface area contributed by atoms with E-state index in [4.69, 9.17) is 5.73 Å². The Morgan fingerprint density at radius 2 is 2.12 bits per heavy atom. The zero-order chi connectivity index (χ0) is 12.2. The van der Waals surface area contributed by atoms with Gasteiger partial charge in [0, 0.05) is 19.1 Å². The highest BCUT2D eigenvalue weighted by atomic mass is 16.2. The molecule has 16 heavy (non-hydrogen) atoms. The second-order valence-corrected chi connectivity index (χ2v) is 5.32. The molecule has 0 aliphatic carbocycles. The van der Waals surface area contributed by atoms with Crippen molar-refractivity contribution in [1.29, 1.82) is 0 Å². The number of hydrogen-bond acceptors (Lipinski definition) is 2. The van der Waals surface area contributed by atoms with Crippen molar-refractivity contribution in [1.82, 2.24) is 4.90 Å². The van der Waals surface area contributed by atoms with Gasteiger partial charge in [0.25, 0.3) is 0 Å². The Bertz CT molecular complexity index is 236. The second kappa shape index (κ2) is 5.67. The first-order valence-electron chi connectivity index (χ1n) is 6.56. The van der Waals surface area contributed by atoms with E-state index in [2.05, 4.69) is 11.8 Å². The van der Waals surface area contributed by atoms with E-state index in [1.165, 1.54) is 12.8 Å². The molecule has 1 fully saturated rings. The van der Waals surface area contributed by atoms with Crippen molar-refractivity contribution in [2.45, 2.75) is 58.9 Å². The number of nitrogens with zero attached hydrogens (tertiary/aromatic N) is 1. The van der Waals surface area contributed by atoms with Crippen LogP contribution in [0.4, 0.5) is 0 Å². The number of rotatable bonds is 3. The third kappa shape index (κ3) is 2.76. The molecular formula is C13H26N2O. The van der Waals surface area contributed by atoms with Crippen LogP contribution in [0.1, 0.15) is 52.9 Å². The Hall–Kier alpha value is -0.570. The highest BCUT2D eigenvalue weighted by Gasteiger charge is 2.35. The summed E-state index contributed by atoms with van der Waals surface area (Å²) >= 11 is 0. The Morgan fingerprint density at radius 1 is 1.44 bits per heavy atom. The van der Waals surface area contributed by atoms with Crippen LogP contribution in [0.15, 0.2) is 0 Å². The van der Waals surface area contributed by atoms with Gasteiger partial charge < -0.3 is 10.6 Å². The summed E-state index contributed by atoms with van der Waals surface area (Å²) in [5, 5.41) is 0. The minimum atomic E-state index is -0.362. The zero-order valence-electron chi connectivity index (χ0n) is 11.0. The number of nitrogens with two attached hydrogens (primary N) is 1. The lowest BCUT2D eigenvalue weighted by atomic mass is 9.85. The van der Waals surface area contributed by atoms with Crippen molar-refractivity contribution in [2.24, 2.45) is 11.1 Å². The molecule has 2 unspecified atom stereocenters. The molecule has 1 heterocycles. The van der Waals surface area contributed by atoms with Crippen LogP contribution < -0.4 is 5.73 Å². The van der Waals surface area contributed by atoms with Gasteiger partial charge in [0.05, 0.1) is 5.41 Å². The smallest absolute Gasteiger partial charge is 0.230 e. The number of carbonyl (C=O) groups excluding carboxylic acids is 1. The molecular weight excluding hydrogens is 200 g/mol. The summed E-state index contributed by atoms with van der Waals surface area (Å²) in [5.41, 5.74) is 5.40. The van der Waals surface area contributed by atoms with E-state index in [1.54, 1.807) is 0 Å². The largest absolute Gasteiger partial charge is 0.339 e. The Labute approximate surface area is 99.4 Å². The fourth-order valence-corrected chi connectivity index (χ4v) is 2.31. The van der Waals surface area contributed by atoms with Crippen LogP contribution in [0.5, 0.6) is 0 Å².